The van der Waals surface area contributed by atoms with Gasteiger partial charge in [0.25, 0.3) is 0 Å². The first-order chi connectivity index (χ1) is 10.9. The second-order valence-electron chi connectivity index (χ2n) is 5.05. The minimum absolute atomic E-state index is 0. The Kier molecular flexibility index (Phi) is 5.38. The Hall–Kier alpha value is 0.280. The molecule has 4 rings (SSSR count). The van der Waals surface area contributed by atoms with Gasteiger partial charge in [-0.15, -0.1) is 0 Å². The fourth-order valence-electron chi connectivity index (χ4n) is 2.67. The van der Waals surface area contributed by atoms with Crippen LogP contribution in [0.15, 0.2) is 11.1 Å². The van der Waals surface area contributed by atoms with Crippen LogP contribution < -0.4 is 40.2 Å². The number of hydrogen-bond acceptors (Lipinski definition) is 10. The number of nitrogens with two attached hydrogens (primary N) is 1. The van der Waals surface area contributed by atoms with Crippen LogP contribution in [0.25, 0.3) is 11.2 Å². The molecule has 24 heavy (non-hydrogen) atoms. The van der Waals surface area contributed by atoms with E-state index < -0.39 is 31.3 Å². The first-order valence-corrected chi connectivity index (χ1v) is 9.84. The summed E-state index contributed by atoms with van der Waals surface area (Å²) in [6.07, 6.45) is -2.20. The molecule has 2 aromatic rings. The zero-order valence-corrected chi connectivity index (χ0v) is 17.6. The van der Waals surface area contributed by atoms with Gasteiger partial charge in [0.15, 0.2) is 27.9 Å². The predicted octanol–water partition coefficient (Wildman–Crippen LogP) is -3.57. The van der Waals surface area contributed by atoms with Crippen LogP contribution in [0.4, 0.5) is 5.82 Å². The van der Waals surface area contributed by atoms with Crippen molar-refractivity contribution in [3.63, 3.8) is 0 Å². The molecule has 2 saturated heterocycles. The minimum atomic E-state index is -3.60. The van der Waals surface area contributed by atoms with E-state index in [1.165, 1.54) is 10.9 Å². The number of aliphatic hydroxyl groups is 1. The van der Waals surface area contributed by atoms with E-state index in [2.05, 4.69) is 30.9 Å². The molecule has 0 saturated carbocycles. The number of halogens is 1. The van der Waals surface area contributed by atoms with Crippen LogP contribution in [-0.2, 0) is 25.6 Å². The molecule has 3 N–H and O–H groups in total. The van der Waals surface area contributed by atoms with Crippen molar-refractivity contribution < 1.29 is 53.3 Å². The number of aliphatic hydroxyl groups excluding tert-OH is 1. The van der Waals surface area contributed by atoms with Crippen LogP contribution in [0, 0.1) is 0 Å². The molecule has 2 aliphatic heterocycles. The number of nitrogen functional groups attached to an aromatic ring is 1. The molecule has 0 radical (unpaired) electrons. The Balaban J connectivity index is 0.00000169. The van der Waals surface area contributed by atoms with Crippen molar-refractivity contribution in [3.05, 3.63) is 11.1 Å². The number of anilines is 1. The second-order valence-corrected chi connectivity index (χ2v) is 8.47. The van der Waals surface area contributed by atoms with Crippen molar-refractivity contribution in [1.29, 1.82) is 0 Å². The summed E-state index contributed by atoms with van der Waals surface area (Å²) in [5.74, 6) is 0.203. The van der Waals surface area contributed by atoms with Gasteiger partial charge in [-0.25, -0.2) is 15.0 Å². The monoisotopic (exact) mass is 445 g/mol. The van der Waals surface area contributed by atoms with Crippen LogP contribution in [0.1, 0.15) is 6.23 Å². The largest absolute Gasteiger partial charge is 1.00 e. The van der Waals surface area contributed by atoms with E-state index in [1.807, 2.05) is 0 Å². The van der Waals surface area contributed by atoms with Crippen LogP contribution in [-0.4, -0.2) is 49.5 Å². The molecular formula is C10H10BrN5NaO5PS. The molecule has 2 aromatic heterocycles. The molecule has 0 bridgehead atoms. The number of hydrogen-bond donors (Lipinski definition) is 2. The summed E-state index contributed by atoms with van der Waals surface area (Å²) >= 11 is 8.00. The number of nitrogens with zero attached hydrogens (tertiary/aromatic N) is 4. The number of ether oxygens (including phenoxy) is 1. The Morgan fingerprint density at radius 3 is 3.00 bits per heavy atom. The summed E-state index contributed by atoms with van der Waals surface area (Å²) in [7, 11) is 0. The SMILES string of the molecule is Nc1ncnc2c1nc(Br)n2[C@@H]1O[C@@H]2COP([O-])(=S)O[C@H]2[C@H]1O.[Na+]. The summed E-state index contributed by atoms with van der Waals surface area (Å²) in [6.45, 7) is -3.63. The standard InChI is InChI=1S/C10H11BrN5O5PS.Na/c11-10-15-4-7(12)13-2-14-8(4)16(10)9-5(17)6-3(20-9)1-19-22(18,23)21-6;/h2-3,5-6,9,17H,1H2,(H,18,23)(H2,12,13,14);/q;+1/p-1/t3-,5-,6-,9-,22?;/m1./s1. The third-order valence-corrected chi connectivity index (χ3v) is 5.77. The molecular weight excluding hydrogens is 436 g/mol. The minimum Gasteiger partial charge on any atom is -0.780 e. The van der Waals surface area contributed by atoms with Gasteiger partial charge >= 0.3 is 29.6 Å². The number of imidazole rings is 1. The molecule has 10 nitrogen and oxygen atoms in total. The topological polar surface area (TPSA) is 141 Å². The molecule has 0 aromatic carbocycles. The molecule has 2 aliphatic rings. The van der Waals surface area contributed by atoms with E-state index in [4.69, 9.17) is 31.3 Å². The fraction of sp³-hybridized carbons (Fsp3) is 0.500. The summed E-state index contributed by atoms with van der Waals surface area (Å²) in [5.41, 5.74) is 6.53. The molecule has 2 fully saturated rings. The molecule has 0 spiro atoms. The van der Waals surface area contributed by atoms with Crippen LogP contribution >= 0.6 is 22.6 Å². The van der Waals surface area contributed by atoms with Gasteiger partial charge < -0.3 is 29.5 Å². The van der Waals surface area contributed by atoms with Gasteiger partial charge in [0.1, 0.15) is 31.4 Å². The Morgan fingerprint density at radius 2 is 2.25 bits per heavy atom. The fourth-order valence-corrected chi connectivity index (χ4v) is 4.64. The first-order valence-electron chi connectivity index (χ1n) is 6.49. The maximum absolute atomic E-state index is 11.8. The third kappa shape index (κ3) is 3.08. The molecule has 124 valence electrons. The van der Waals surface area contributed by atoms with Crippen molar-refractivity contribution >= 4 is 51.4 Å². The molecule has 1 unspecified atom stereocenters. The van der Waals surface area contributed by atoms with E-state index in [9.17, 15) is 10.00 Å². The molecule has 14 heteroatoms. The van der Waals surface area contributed by atoms with Crippen molar-refractivity contribution in [2.45, 2.75) is 24.5 Å². The molecule has 0 aliphatic carbocycles. The smallest absolute Gasteiger partial charge is 0.780 e. The maximum Gasteiger partial charge on any atom is 1.00 e. The van der Waals surface area contributed by atoms with Gasteiger partial charge in [-0.3, -0.25) is 4.57 Å². The Morgan fingerprint density at radius 1 is 1.50 bits per heavy atom. The zero-order valence-electron chi connectivity index (χ0n) is 12.3. The molecule has 5 atom stereocenters. The summed E-state index contributed by atoms with van der Waals surface area (Å²) in [6, 6.07) is 0. The summed E-state index contributed by atoms with van der Waals surface area (Å²) in [4.78, 5) is 24.0. The number of fused-ring (bicyclic) bond motifs is 2. The van der Waals surface area contributed by atoms with Crippen LogP contribution in [0.2, 0.25) is 0 Å². The van der Waals surface area contributed by atoms with Crippen LogP contribution in [0.3, 0.4) is 0 Å². The van der Waals surface area contributed by atoms with Gasteiger partial charge in [-0.05, 0) is 15.9 Å². The maximum atomic E-state index is 11.8. The van der Waals surface area contributed by atoms with Gasteiger partial charge in [0.2, 0.25) is 0 Å². The number of rotatable bonds is 1. The quantitative estimate of drug-likeness (QED) is 0.257. The third-order valence-electron chi connectivity index (χ3n) is 3.67. The average molecular weight is 446 g/mol. The second kappa shape index (κ2) is 6.78. The van der Waals surface area contributed by atoms with Crippen molar-refractivity contribution in [3.8, 4) is 0 Å². The van der Waals surface area contributed by atoms with E-state index in [0.29, 0.717) is 15.9 Å². The van der Waals surface area contributed by atoms with Crippen LogP contribution in [0.5, 0.6) is 0 Å². The summed E-state index contributed by atoms with van der Waals surface area (Å²) in [5, 5.41) is 10.5. The zero-order chi connectivity index (χ0) is 16.4. The van der Waals surface area contributed by atoms with E-state index in [1.54, 1.807) is 0 Å². The van der Waals surface area contributed by atoms with Gasteiger partial charge in [0, 0.05) is 0 Å². The van der Waals surface area contributed by atoms with Crippen molar-refractivity contribution in [1.82, 2.24) is 19.5 Å². The van der Waals surface area contributed by atoms with Crippen molar-refractivity contribution in [2.24, 2.45) is 0 Å². The predicted molar refractivity (Wildman–Crippen MR) is 82.5 cm³/mol. The van der Waals surface area contributed by atoms with E-state index >= 15 is 0 Å². The van der Waals surface area contributed by atoms with Gasteiger partial charge in [-0.1, -0.05) is 11.8 Å². The summed E-state index contributed by atoms with van der Waals surface area (Å²) < 4.78 is 17.8. The number of aromatic nitrogens is 4. The molecule has 0 amide bonds. The Labute approximate surface area is 171 Å². The van der Waals surface area contributed by atoms with Crippen molar-refractivity contribution in [2.75, 3.05) is 12.3 Å². The van der Waals surface area contributed by atoms with E-state index in [0.717, 1.165) is 0 Å². The van der Waals surface area contributed by atoms with E-state index in [-0.39, 0.29) is 42.0 Å². The first kappa shape index (κ1) is 19.1. The normalized spacial score (nSPS) is 35.6. The van der Waals surface area contributed by atoms with Gasteiger partial charge in [-0.2, -0.15) is 0 Å². The average Bonchev–Trinajstić information content (AvgIpc) is 2.97. The molecule has 4 heterocycles. The van der Waals surface area contributed by atoms with Gasteiger partial charge in [0.05, 0.1) is 6.61 Å². The Bertz CT molecular complexity index is 841.